The minimum Gasteiger partial charge on any atom is -0.455 e. The molecule has 0 saturated heterocycles. The van der Waals surface area contributed by atoms with Crippen LogP contribution in [0, 0.1) is 30.9 Å². The van der Waals surface area contributed by atoms with E-state index in [9.17, 15) is 18.5 Å². The third kappa shape index (κ3) is 4.52. The molecule has 2 aromatic carbocycles. The molecule has 0 bridgehead atoms. The van der Waals surface area contributed by atoms with Gasteiger partial charge in [-0.05, 0) is 56.2 Å². The average molecular weight is 413 g/mol. The molecule has 0 fully saturated rings. The summed E-state index contributed by atoms with van der Waals surface area (Å²) in [6, 6.07) is 12.8. The molecule has 150 valence electrons. The van der Waals surface area contributed by atoms with Crippen LogP contribution in [0.25, 0.3) is 11.3 Å². The predicted molar refractivity (Wildman–Crippen MR) is 109 cm³/mol. The van der Waals surface area contributed by atoms with Gasteiger partial charge in [-0.3, -0.25) is 10.1 Å². The zero-order valence-electron chi connectivity index (χ0n) is 16.0. The first-order chi connectivity index (χ1) is 13.7. The monoisotopic (exact) mass is 413 g/mol. The lowest BCUT2D eigenvalue weighted by Crippen LogP contribution is -2.20. The van der Waals surface area contributed by atoms with Gasteiger partial charge in [0.2, 0.25) is 0 Å². The molecule has 0 unspecified atom stereocenters. The van der Waals surface area contributed by atoms with E-state index in [4.69, 9.17) is 4.42 Å². The van der Waals surface area contributed by atoms with Crippen LogP contribution in [0.1, 0.15) is 22.5 Å². The first-order valence-corrected chi connectivity index (χ1v) is 10.1. The average Bonchev–Trinajstić information content (AvgIpc) is 3.09. The molecule has 1 N–H and O–H groups in total. The standard InChI is InChI=1S/C20H19N3O5S/c1-13-10-14(2)20(15(3)11-13)29(26,27)22-21-12-18-8-9-19(28-18)16-4-6-17(7-5-16)23(24)25/h4-12,22H,1-3H3. The molecule has 0 spiro atoms. The number of nitro benzene ring substituents is 1. The summed E-state index contributed by atoms with van der Waals surface area (Å²) in [4.78, 5) is 12.6. The largest absolute Gasteiger partial charge is 0.455 e. The molecule has 0 radical (unpaired) electrons. The van der Waals surface area contributed by atoms with Crippen LogP contribution in [-0.4, -0.2) is 19.6 Å². The smallest absolute Gasteiger partial charge is 0.277 e. The molecule has 0 aliphatic heterocycles. The number of rotatable bonds is 6. The normalized spacial score (nSPS) is 11.7. The van der Waals surface area contributed by atoms with Crippen molar-refractivity contribution in [2.45, 2.75) is 25.7 Å². The second kappa shape index (κ2) is 7.88. The van der Waals surface area contributed by atoms with E-state index in [0.29, 0.717) is 28.2 Å². The number of nitrogens with zero attached hydrogens (tertiary/aromatic N) is 2. The first-order valence-electron chi connectivity index (χ1n) is 8.65. The van der Waals surface area contributed by atoms with Gasteiger partial charge in [0.05, 0.1) is 16.0 Å². The van der Waals surface area contributed by atoms with Gasteiger partial charge in [0.15, 0.2) is 0 Å². The van der Waals surface area contributed by atoms with Crippen molar-refractivity contribution in [3.8, 4) is 11.3 Å². The quantitative estimate of drug-likeness (QED) is 0.371. The molecule has 1 heterocycles. The van der Waals surface area contributed by atoms with Gasteiger partial charge in [-0.1, -0.05) is 17.7 Å². The molecule has 0 amide bonds. The Bertz CT molecular complexity index is 1170. The number of aryl methyl sites for hydroxylation is 3. The summed E-state index contributed by atoms with van der Waals surface area (Å²) >= 11 is 0. The van der Waals surface area contributed by atoms with Crippen LogP contribution in [0.4, 0.5) is 5.69 Å². The maximum absolute atomic E-state index is 12.6. The van der Waals surface area contributed by atoms with E-state index >= 15 is 0 Å². The molecular weight excluding hydrogens is 394 g/mol. The summed E-state index contributed by atoms with van der Waals surface area (Å²) in [6.45, 7) is 5.38. The Morgan fingerprint density at radius 3 is 2.24 bits per heavy atom. The summed E-state index contributed by atoms with van der Waals surface area (Å²) in [5, 5.41) is 14.5. The number of nitro groups is 1. The van der Waals surface area contributed by atoms with Crippen molar-refractivity contribution >= 4 is 21.9 Å². The van der Waals surface area contributed by atoms with Gasteiger partial charge >= 0.3 is 0 Å². The number of benzene rings is 2. The maximum atomic E-state index is 12.6. The fourth-order valence-electron chi connectivity index (χ4n) is 3.12. The van der Waals surface area contributed by atoms with Crippen molar-refractivity contribution in [3.63, 3.8) is 0 Å². The number of nitrogens with one attached hydrogen (secondary N) is 1. The highest BCUT2D eigenvalue weighted by Crippen LogP contribution is 2.24. The van der Waals surface area contributed by atoms with Crippen molar-refractivity contribution in [1.82, 2.24) is 4.83 Å². The number of sulfonamides is 1. The fourth-order valence-corrected chi connectivity index (χ4v) is 4.37. The molecule has 0 aliphatic rings. The van der Waals surface area contributed by atoms with E-state index in [0.717, 1.165) is 5.56 Å². The highest BCUT2D eigenvalue weighted by atomic mass is 32.2. The van der Waals surface area contributed by atoms with Gasteiger partial charge < -0.3 is 4.42 Å². The van der Waals surface area contributed by atoms with E-state index in [1.54, 1.807) is 50.2 Å². The Hall–Kier alpha value is -3.46. The molecule has 0 atom stereocenters. The van der Waals surface area contributed by atoms with Crippen LogP contribution in [0.5, 0.6) is 0 Å². The highest BCUT2D eigenvalue weighted by molar-refractivity contribution is 7.89. The van der Waals surface area contributed by atoms with E-state index in [1.165, 1.54) is 18.3 Å². The molecule has 8 nitrogen and oxygen atoms in total. The number of non-ortho nitro benzene ring substituents is 1. The van der Waals surface area contributed by atoms with Crippen molar-refractivity contribution in [2.75, 3.05) is 0 Å². The van der Waals surface area contributed by atoms with Crippen molar-refractivity contribution < 1.29 is 17.8 Å². The van der Waals surface area contributed by atoms with Crippen LogP contribution < -0.4 is 4.83 Å². The third-order valence-corrected chi connectivity index (χ3v) is 5.75. The molecule has 0 aliphatic carbocycles. The Morgan fingerprint density at radius 2 is 1.66 bits per heavy atom. The Labute approximate surface area is 168 Å². The number of hydrazone groups is 1. The fraction of sp³-hybridized carbons (Fsp3) is 0.150. The third-order valence-electron chi connectivity index (χ3n) is 4.23. The van der Waals surface area contributed by atoms with Gasteiger partial charge in [-0.25, -0.2) is 0 Å². The molecule has 9 heteroatoms. The van der Waals surface area contributed by atoms with Gasteiger partial charge in [-0.2, -0.15) is 18.4 Å². The van der Waals surface area contributed by atoms with E-state index in [-0.39, 0.29) is 10.6 Å². The zero-order valence-corrected chi connectivity index (χ0v) is 16.9. The Balaban J connectivity index is 1.75. The molecular formula is C20H19N3O5S. The van der Waals surface area contributed by atoms with Crippen LogP contribution in [0.2, 0.25) is 0 Å². The zero-order chi connectivity index (χ0) is 21.2. The molecule has 29 heavy (non-hydrogen) atoms. The van der Waals surface area contributed by atoms with Crippen LogP contribution in [0.3, 0.4) is 0 Å². The SMILES string of the molecule is Cc1cc(C)c(S(=O)(=O)NN=Cc2ccc(-c3ccc([N+](=O)[O-])cc3)o2)c(C)c1. The predicted octanol–water partition coefficient (Wildman–Crippen LogP) is 4.09. The minimum absolute atomic E-state index is 0.0156. The number of furan rings is 1. The van der Waals surface area contributed by atoms with E-state index in [1.807, 2.05) is 6.92 Å². The van der Waals surface area contributed by atoms with Crippen molar-refractivity contribution in [3.05, 3.63) is 81.1 Å². The summed E-state index contributed by atoms with van der Waals surface area (Å²) in [5.74, 6) is 0.813. The lowest BCUT2D eigenvalue weighted by molar-refractivity contribution is -0.384. The van der Waals surface area contributed by atoms with Crippen LogP contribution in [0.15, 0.2) is 62.9 Å². The lowest BCUT2D eigenvalue weighted by Gasteiger charge is -2.11. The van der Waals surface area contributed by atoms with Crippen LogP contribution >= 0.6 is 0 Å². The minimum atomic E-state index is -3.82. The van der Waals surface area contributed by atoms with Crippen LogP contribution in [-0.2, 0) is 10.0 Å². The molecule has 0 saturated carbocycles. The van der Waals surface area contributed by atoms with Gasteiger partial charge in [-0.15, -0.1) is 0 Å². The number of hydrogen-bond acceptors (Lipinski definition) is 6. The van der Waals surface area contributed by atoms with Gasteiger partial charge in [0, 0.05) is 17.7 Å². The first kappa shape index (κ1) is 20.3. The number of hydrogen-bond donors (Lipinski definition) is 1. The summed E-state index contributed by atoms with van der Waals surface area (Å²) < 4.78 is 30.8. The lowest BCUT2D eigenvalue weighted by atomic mass is 10.1. The second-order valence-corrected chi connectivity index (χ2v) is 8.18. The van der Waals surface area contributed by atoms with E-state index in [2.05, 4.69) is 9.93 Å². The molecule has 3 rings (SSSR count). The van der Waals surface area contributed by atoms with Gasteiger partial charge in [0.25, 0.3) is 15.7 Å². The van der Waals surface area contributed by atoms with Crippen molar-refractivity contribution in [1.29, 1.82) is 0 Å². The summed E-state index contributed by atoms with van der Waals surface area (Å²) in [7, 11) is -3.82. The topological polar surface area (TPSA) is 115 Å². The molecule has 3 aromatic rings. The van der Waals surface area contributed by atoms with Gasteiger partial charge in [0.1, 0.15) is 11.5 Å². The Kier molecular flexibility index (Phi) is 5.51. The molecule has 1 aromatic heterocycles. The second-order valence-electron chi connectivity index (χ2n) is 6.59. The maximum Gasteiger partial charge on any atom is 0.277 e. The summed E-state index contributed by atoms with van der Waals surface area (Å²) in [5.41, 5.74) is 2.91. The van der Waals surface area contributed by atoms with Crippen molar-refractivity contribution in [2.24, 2.45) is 5.10 Å². The Morgan fingerprint density at radius 1 is 1.03 bits per heavy atom. The summed E-state index contributed by atoms with van der Waals surface area (Å²) in [6.07, 6.45) is 1.26. The highest BCUT2D eigenvalue weighted by Gasteiger charge is 2.19. The van der Waals surface area contributed by atoms with E-state index < -0.39 is 14.9 Å².